The molecule has 4 heteroatoms. The van der Waals surface area contributed by atoms with Gasteiger partial charge in [-0.25, -0.2) is 0 Å². The Balaban J connectivity index is 2.33. The van der Waals surface area contributed by atoms with Crippen LogP contribution in [0.25, 0.3) is 0 Å². The van der Waals surface area contributed by atoms with Gasteiger partial charge in [-0.2, -0.15) is 5.11 Å². The second kappa shape index (κ2) is 3.41. The molecule has 4 nitrogen and oxygen atoms in total. The number of benzene rings is 1. The predicted molar refractivity (Wildman–Crippen MR) is 49.9 cm³/mol. The van der Waals surface area contributed by atoms with Crippen LogP contribution >= 0.6 is 0 Å². The summed E-state index contributed by atoms with van der Waals surface area (Å²) in [5.41, 5.74) is 0.653. The van der Waals surface area contributed by atoms with Crippen LogP contribution in [0.5, 0.6) is 5.75 Å². The van der Waals surface area contributed by atoms with E-state index in [1.807, 2.05) is 0 Å². The Morgan fingerprint density at radius 2 is 2.07 bits per heavy atom. The zero-order chi connectivity index (χ0) is 9.97. The Kier molecular flexibility index (Phi) is 2.10. The number of hydrogen-bond acceptors (Lipinski definition) is 3. The third kappa shape index (κ3) is 1.54. The number of carbonyl (C=O) groups excluding carboxylic acids is 1. The lowest BCUT2D eigenvalue weighted by Gasteiger charge is -2.10. The number of phenols is 1. The van der Waals surface area contributed by atoms with Crippen molar-refractivity contribution < 1.29 is 9.90 Å². The fourth-order valence-electron chi connectivity index (χ4n) is 1.27. The van der Waals surface area contributed by atoms with Gasteiger partial charge >= 0.3 is 0 Å². The number of phenolic OH excluding ortho intramolecular Hbond substituents is 1. The number of hydrogen-bond donors (Lipinski definition) is 1. The van der Waals surface area contributed by atoms with E-state index in [1.54, 1.807) is 30.3 Å². The molecule has 0 bridgehead atoms. The molecule has 2 rings (SSSR count). The van der Waals surface area contributed by atoms with Crippen LogP contribution in [0.4, 0.5) is 0 Å². The summed E-state index contributed by atoms with van der Waals surface area (Å²) in [6, 6.07) is 6.51. The summed E-state index contributed by atoms with van der Waals surface area (Å²) in [7, 11) is 0. The highest BCUT2D eigenvalue weighted by molar-refractivity contribution is 5.88. The van der Waals surface area contributed by atoms with Crippen LogP contribution in [0.15, 0.2) is 46.6 Å². The maximum atomic E-state index is 10.7. The first kappa shape index (κ1) is 8.62. The maximum absolute atomic E-state index is 10.7. The summed E-state index contributed by atoms with van der Waals surface area (Å²) in [5, 5.41) is 16.7. The van der Waals surface area contributed by atoms with Crippen molar-refractivity contribution in [2.45, 2.75) is 6.04 Å². The highest BCUT2D eigenvalue weighted by Gasteiger charge is 2.14. The molecule has 70 valence electrons. The van der Waals surface area contributed by atoms with Crippen molar-refractivity contribution in [2.24, 2.45) is 10.2 Å². The van der Waals surface area contributed by atoms with Crippen LogP contribution < -0.4 is 0 Å². The molecule has 0 spiro atoms. The first-order chi connectivity index (χ1) is 6.77. The largest absolute Gasteiger partial charge is 0.508 e. The summed E-state index contributed by atoms with van der Waals surface area (Å²) in [5.74, 6) is -0.202. The molecule has 0 fully saturated rings. The number of azo groups is 1. The lowest BCUT2D eigenvalue weighted by atomic mass is 10.1. The summed E-state index contributed by atoms with van der Waals surface area (Å²) in [6.07, 6.45) is 2.97. The van der Waals surface area contributed by atoms with E-state index in [9.17, 15) is 9.90 Å². The minimum atomic E-state index is -0.364. The van der Waals surface area contributed by atoms with E-state index in [2.05, 4.69) is 10.2 Å². The van der Waals surface area contributed by atoms with E-state index in [4.69, 9.17) is 0 Å². The molecule has 1 aromatic rings. The van der Waals surface area contributed by atoms with Gasteiger partial charge in [0.15, 0.2) is 0 Å². The van der Waals surface area contributed by atoms with E-state index in [-0.39, 0.29) is 17.7 Å². The van der Waals surface area contributed by atoms with Crippen LogP contribution in [0.2, 0.25) is 0 Å². The number of para-hydroxylation sites is 1. The molecule has 1 aliphatic heterocycles. The molecule has 1 atom stereocenters. The lowest BCUT2D eigenvalue weighted by Crippen LogP contribution is -1.99. The standard InChI is InChI=1S/C10H8N2O2/c13-9-4-2-1-3-7(9)8-5-6-10(14)12-11-8/h1-6,8,13H. The SMILES string of the molecule is O=C1C=CC(c2ccccc2O)N=N1. The zero-order valence-corrected chi connectivity index (χ0v) is 7.29. The van der Waals surface area contributed by atoms with Crippen LogP contribution in [-0.2, 0) is 4.79 Å². The van der Waals surface area contributed by atoms with Crippen LogP contribution in [0, 0.1) is 0 Å². The van der Waals surface area contributed by atoms with Gasteiger partial charge in [0, 0.05) is 11.6 Å². The third-order valence-electron chi connectivity index (χ3n) is 1.96. The second-order valence-corrected chi connectivity index (χ2v) is 2.92. The number of aromatic hydroxyl groups is 1. The quantitative estimate of drug-likeness (QED) is 0.732. The molecule has 0 saturated heterocycles. The van der Waals surface area contributed by atoms with Gasteiger partial charge in [0.1, 0.15) is 11.8 Å². The zero-order valence-electron chi connectivity index (χ0n) is 7.29. The Bertz CT molecular complexity index is 408. The van der Waals surface area contributed by atoms with Gasteiger partial charge in [0.25, 0.3) is 5.91 Å². The molecule has 1 unspecified atom stereocenters. The first-order valence-corrected chi connectivity index (χ1v) is 4.18. The smallest absolute Gasteiger partial charge is 0.287 e. The summed E-state index contributed by atoms with van der Waals surface area (Å²) < 4.78 is 0. The maximum Gasteiger partial charge on any atom is 0.287 e. The molecular formula is C10H8N2O2. The summed E-state index contributed by atoms with van der Waals surface area (Å²) in [4.78, 5) is 10.7. The fraction of sp³-hybridized carbons (Fsp3) is 0.100. The average Bonchev–Trinajstić information content (AvgIpc) is 2.20. The van der Waals surface area contributed by atoms with Gasteiger partial charge in [-0.05, 0) is 12.1 Å². The number of amides is 1. The normalized spacial score (nSPS) is 20.0. The molecule has 0 saturated carbocycles. The van der Waals surface area contributed by atoms with Crippen molar-refractivity contribution >= 4 is 5.91 Å². The number of nitrogens with zero attached hydrogens (tertiary/aromatic N) is 2. The number of carbonyl (C=O) groups is 1. The first-order valence-electron chi connectivity index (χ1n) is 4.18. The van der Waals surface area contributed by atoms with Crippen molar-refractivity contribution in [3.8, 4) is 5.75 Å². The molecule has 0 radical (unpaired) electrons. The molecule has 14 heavy (non-hydrogen) atoms. The van der Waals surface area contributed by atoms with Crippen molar-refractivity contribution in [1.29, 1.82) is 0 Å². The van der Waals surface area contributed by atoms with Gasteiger partial charge in [-0.3, -0.25) is 4.79 Å². The molecule has 1 amide bonds. The Morgan fingerprint density at radius 1 is 1.29 bits per heavy atom. The van der Waals surface area contributed by atoms with Crippen molar-refractivity contribution in [2.75, 3.05) is 0 Å². The fourth-order valence-corrected chi connectivity index (χ4v) is 1.27. The van der Waals surface area contributed by atoms with Crippen LogP contribution in [0.1, 0.15) is 11.6 Å². The lowest BCUT2D eigenvalue weighted by molar-refractivity contribution is -0.114. The molecule has 1 N–H and O–H groups in total. The Hall–Kier alpha value is -1.97. The summed E-state index contributed by atoms with van der Waals surface area (Å²) >= 11 is 0. The van der Waals surface area contributed by atoms with Gasteiger partial charge in [0.05, 0.1) is 0 Å². The van der Waals surface area contributed by atoms with Gasteiger partial charge in [-0.15, -0.1) is 5.11 Å². The van der Waals surface area contributed by atoms with Crippen LogP contribution in [-0.4, -0.2) is 11.0 Å². The molecule has 0 aliphatic carbocycles. The highest BCUT2D eigenvalue weighted by Crippen LogP contribution is 2.29. The van der Waals surface area contributed by atoms with Gasteiger partial charge in [0.2, 0.25) is 0 Å². The molecule has 0 aromatic heterocycles. The van der Waals surface area contributed by atoms with E-state index < -0.39 is 0 Å². The molecule has 1 heterocycles. The van der Waals surface area contributed by atoms with Gasteiger partial charge in [-0.1, -0.05) is 18.2 Å². The third-order valence-corrected chi connectivity index (χ3v) is 1.96. The molecule has 1 aromatic carbocycles. The summed E-state index contributed by atoms with van der Waals surface area (Å²) in [6.45, 7) is 0. The van der Waals surface area contributed by atoms with E-state index in [0.29, 0.717) is 5.56 Å². The van der Waals surface area contributed by atoms with E-state index >= 15 is 0 Å². The molecular weight excluding hydrogens is 180 g/mol. The van der Waals surface area contributed by atoms with E-state index in [0.717, 1.165) is 0 Å². The van der Waals surface area contributed by atoms with Crippen LogP contribution in [0.3, 0.4) is 0 Å². The number of rotatable bonds is 1. The molecule has 1 aliphatic rings. The van der Waals surface area contributed by atoms with Crippen molar-refractivity contribution in [3.63, 3.8) is 0 Å². The minimum absolute atomic E-state index is 0.162. The van der Waals surface area contributed by atoms with Crippen molar-refractivity contribution in [1.82, 2.24) is 0 Å². The Labute approximate surface area is 80.6 Å². The van der Waals surface area contributed by atoms with Crippen molar-refractivity contribution in [3.05, 3.63) is 42.0 Å². The van der Waals surface area contributed by atoms with E-state index in [1.165, 1.54) is 6.08 Å². The van der Waals surface area contributed by atoms with Gasteiger partial charge < -0.3 is 5.11 Å². The Morgan fingerprint density at radius 3 is 2.71 bits per heavy atom. The predicted octanol–water partition coefficient (Wildman–Crippen LogP) is 1.98. The average molecular weight is 188 g/mol. The topological polar surface area (TPSA) is 62.0 Å². The second-order valence-electron chi connectivity index (χ2n) is 2.92. The highest BCUT2D eigenvalue weighted by atomic mass is 16.3. The monoisotopic (exact) mass is 188 g/mol. The minimum Gasteiger partial charge on any atom is -0.508 e.